The van der Waals surface area contributed by atoms with Gasteiger partial charge in [-0.3, -0.25) is 4.79 Å². The number of oxazole rings is 1. The molecule has 1 aliphatic rings. The highest BCUT2D eigenvalue weighted by Gasteiger charge is 2.14. The summed E-state index contributed by atoms with van der Waals surface area (Å²) in [6.07, 6.45) is 7.16. The first-order valence-electron chi connectivity index (χ1n) is 11.0. The Morgan fingerprint density at radius 2 is 2.00 bits per heavy atom. The van der Waals surface area contributed by atoms with Crippen LogP contribution in [0.25, 0.3) is 22.4 Å². The van der Waals surface area contributed by atoms with E-state index in [2.05, 4.69) is 20.9 Å². The molecular formula is C25H26N4O2. The fourth-order valence-corrected chi connectivity index (χ4v) is 4.15. The maximum Gasteiger partial charge on any atom is 0.224 e. The van der Waals surface area contributed by atoms with E-state index >= 15 is 0 Å². The van der Waals surface area contributed by atoms with Crippen LogP contribution < -0.4 is 5.32 Å². The summed E-state index contributed by atoms with van der Waals surface area (Å²) in [5, 5.41) is 2.98. The summed E-state index contributed by atoms with van der Waals surface area (Å²) in [4.78, 5) is 21.6. The van der Waals surface area contributed by atoms with Gasteiger partial charge in [-0.25, -0.2) is 9.97 Å². The van der Waals surface area contributed by atoms with Gasteiger partial charge in [-0.15, -0.1) is 0 Å². The predicted octanol–water partition coefficient (Wildman–Crippen LogP) is 5.30. The van der Waals surface area contributed by atoms with Crippen molar-refractivity contribution in [2.75, 3.05) is 5.32 Å². The molecule has 4 aromatic rings. The Balaban J connectivity index is 1.22. The van der Waals surface area contributed by atoms with Crippen LogP contribution in [0.2, 0.25) is 0 Å². The largest absolute Gasteiger partial charge is 0.441 e. The van der Waals surface area contributed by atoms with Crippen LogP contribution in [0.1, 0.15) is 43.0 Å². The molecule has 0 saturated carbocycles. The zero-order valence-electron chi connectivity index (χ0n) is 17.7. The van der Waals surface area contributed by atoms with E-state index in [9.17, 15) is 4.79 Å². The average molecular weight is 415 g/mol. The SMILES string of the molecule is Cc1ccc(-c2cnc(CCC(=O)Nc3ccc4c(c3)nc3n4CCCCC3)o2)cc1. The zero-order chi connectivity index (χ0) is 21.2. The third-order valence-corrected chi connectivity index (χ3v) is 5.85. The zero-order valence-corrected chi connectivity index (χ0v) is 17.7. The van der Waals surface area contributed by atoms with Crippen LogP contribution in [-0.2, 0) is 24.2 Å². The number of nitrogens with one attached hydrogen (secondary N) is 1. The molecule has 158 valence electrons. The van der Waals surface area contributed by atoms with Crippen molar-refractivity contribution in [3.8, 4) is 11.3 Å². The number of aromatic nitrogens is 3. The molecule has 5 rings (SSSR count). The molecule has 0 aliphatic carbocycles. The number of hydrogen-bond donors (Lipinski definition) is 1. The number of rotatable bonds is 5. The standard InChI is InChI=1S/C25H26N4O2/c1-17-6-8-18(9-7-17)22-16-26-25(31-22)13-12-24(30)27-19-10-11-21-20(15-19)28-23-5-3-2-4-14-29(21)23/h6-11,15-16H,2-5,12-14H2,1H3,(H,27,30). The van der Waals surface area contributed by atoms with Crippen LogP contribution in [0.3, 0.4) is 0 Å². The van der Waals surface area contributed by atoms with E-state index in [0.717, 1.165) is 46.8 Å². The van der Waals surface area contributed by atoms with Crippen LogP contribution in [-0.4, -0.2) is 20.4 Å². The molecule has 0 bridgehead atoms. The maximum absolute atomic E-state index is 12.5. The third-order valence-electron chi connectivity index (χ3n) is 5.85. The van der Waals surface area contributed by atoms with Crippen molar-refractivity contribution in [3.63, 3.8) is 0 Å². The van der Waals surface area contributed by atoms with Crippen molar-refractivity contribution in [1.29, 1.82) is 0 Å². The van der Waals surface area contributed by atoms with Gasteiger partial charge in [0, 0.05) is 37.1 Å². The molecule has 0 saturated heterocycles. The Hall–Kier alpha value is -3.41. The molecule has 0 atom stereocenters. The Labute approximate surface area is 181 Å². The van der Waals surface area contributed by atoms with Crippen molar-refractivity contribution < 1.29 is 9.21 Å². The van der Waals surface area contributed by atoms with E-state index in [4.69, 9.17) is 9.40 Å². The average Bonchev–Trinajstić information content (AvgIpc) is 3.30. The van der Waals surface area contributed by atoms with E-state index in [1.165, 1.54) is 24.8 Å². The fraction of sp³-hybridized carbons (Fsp3) is 0.320. The van der Waals surface area contributed by atoms with E-state index in [1.807, 2.05) is 43.3 Å². The summed E-state index contributed by atoms with van der Waals surface area (Å²) in [5.74, 6) is 2.39. The molecule has 0 fully saturated rings. The minimum Gasteiger partial charge on any atom is -0.441 e. The fourth-order valence-electron chi connectivity index (χ4n) is 4.15. The van der Waals surface area contributed by atoms with Crippen molar-refractivity contribution in [3.05, 3.63) is 65.9 Å². The number of nitrogens with zero attached hydrogens (tertiary/aromatic N) is 3. The highest BCUT2D eigenvalue weighted by atomic mass is 16.4. The summed E-state index contributed by atoms with van der Waals surface area (Å²) in [7, 11) is 0. The topological polar surface area (TPSA) is 73.0 Å². The smallest absolute Gasteiger partial charge is 0.224 e. The number of amides is 1. The minimum absolute atomic E-state index is 0.0600. The number of fused-ring (bicyclic) bond motifs is 3. The Morgan fingerprint density at radius 3 is 2.87 bits per heavy atom. The number of imidazole rings is 1. The first-order valence-corrected chi connectivity index (χ1v) is 11.0. The third kappa shape index (κ3) is 4.24. The molecule has 2 aromatic carbocycles. The summed E-state index contributed by atoms with van der Waals surface area (Å²) in [6, 6.07) is 14.1. The number of carbonyl (C=O) groups excluding carboxylic acids is 1. The highest BCUT2D eigenvalue weighted by Crippen LogP contribution is 2.25. The van der Waals surface area contributed by atoms with Gasteiger partial charge in [0.15, 0.2) is 11.7 Å². The Bertz CT molecular complexity index is 1220. The lowest BCUT2D eigenvalue weighted by molar-refractivity contribution is -0.116. The van der Waals surface area contributed by atoms with Crippen LogP contribution in [0.5, 0.6) is 0 Å². The van der Waals surface area contributed by atoms with Gasteiger partial charge in [-0.05, 0) is 38.0 Å². The molecule has 0 unspecified atom stereocenters. The Kier molecular flexibility index (Phi) is 5.28. The molecule has 6 heteroatoms. The second kappa shape index (κ2) is 8.38. The summed E-state index contributed by atoms with van der Waals surface area (Å²) < 4.78 is 8.14. The van der Waals surface area contributed by atoms with Gasteiger partial charge in [0.1, 0.15) is 5.82 Å². The van der Waals surface area contributed by atoms with Gasteiger partial charge < -0.3 is 14.3 Å². The molecule has 6 nitrogen and oxygen atoms in total. The van der Waals surface area contributed by atoms with Gasteiger partial charge in [-0.1, -0.05) is 36.2 Å². The summed E-state index contributed by atoms with van der Waals surface area (Å²) in [5.41, 5.74) is 5.06. The van der Waals surface area contributed by atoms with Crippen molar-refractivity contribution in [2.24, 2.45) is 0 Å². The van der Waals surface area contributed by atoms with E-state index < -0.39 is 0 Å². The lowest BCUT2D eigenvalue weighted by Crippen LogP contribution is -2.12. The molecule has 3 heterocycles. The van der Waals surface area contributed by atoms with E-state index in [0.29, 0.717) is 18.7 Å². The minimum atomic E-state index is -0.0600. The van der Waals surface area contributed by atoms with E-state index in [-0.39, 0.29) is 5.91 Å². The number of benzene rings is 2. The molecule has 0 spiro atoms. The number of aryl methyl sites for hydroxylation is 4. The molecule has 1 N–H and O–H groups in total. The molecule has 31 heavy (non-hydrogen) atoms. The Morgan fingerprint density at radius 1 is 1.13 bits per heavy atom. The highest BCUT2D eigenvalue weighted by molar-refractivity contribution is 5.93. The number of anilines is 1. The molecule has 1 amide bonds. The summed E-state index contributed by atoms with van der Waals surface area (Å²) in [6.45, 7) is 3.08. The second-order valence-corrected chi connectivity index (χ2v) is 8.23. The number of hydrogen-bond acceptors (Lipinski definition) is 4. The van der Waals surface area contributed by atoms with Crippen LogP contribution in [0.15, 0.2) is 53.1 Å². The second-order valence-electron chi connectivity index (χ2n) is 8.23. The maximum atomic E-state index is 12.5. The van der Waals surface area contributed by atoms with Gasteiger partial charge in [0.2, 0.25) is 5.91 Å². The predicted molar refractivity (Wildman–Crippen MR) is 121 cm³/mol. The van der Waals surface area contributed by atoms with Gasteiger partial charge in [-0.2, -0.15) is 0 Å². The quantitative estimate of drug-likeness (QED) is 0.481. The van der Waals surface area contributed by atoms with Crippen LogP contribution in [0, 0.1) is 6.92 Å². The van der Waals surface area contributed by atoms with Crippen molar-refractivity contribution >= 4 is 22.6 Å². The monoisotopic (exact) mass is 414 g/mol. The van der Waals surface area contributed by atoms with Gasteiger partial charge >= 0.3 is 0 Å². The first kappa shape index (κ1) is 19.5. The van der Waals surface area contributed by atoms with E-state index in [1.54, 1.807) is 6.20 Å². The van der Waals surface area contributed by atoms with Gasteiger partial charge in [0.25, 0.3) is 0 Å². The normalized spacial score (nSPS) is 13.7. The summed E-state index contributed by atoms with van der Waals surface area (Å²) >= 11 is 0. The molecular weight excluding hydrogens is 388 g/mol. The van der Waals surface area contributed by atoms with Crippen molar-refractivity contribution in [2.45, 2.75) is 52.0 Å². The van der Waals surface area contributed by atoms with Crippen LogP contribution in [0.4, 0.5) is 5.69 Å². The van der Waals surface area contributed by atoms with Gasteiger partial charge in [0.05, 0.1) is 17.2 Å². The first-order chi connectivity index (χ1) is 15.2. The lowest BCUT2D eigenvalue weighted by atomic mass is 10.1. The molecule has 1 aliphatic heterocycles. The van der Waals surface area contributed by atoms with Crippen molar-refractivity contribution in [1.82, 2.24) is 14.5 Å². The number of carbonyl (C=O) groups is 1. The molecule has 0 radical (unpaired) electrons. The lowest BCUT2D eigenvalue weighted by Gasteiger charge is -2.06. The molecule has 2 aromatic heterocycles. The van der Waals surface area contributed by atoms with Crippen LogP contribution >= 0.6 is 0 Å².